The zero-order valence-electron chi connectivity index (χ0n) is 11.5. The summed E-state index contributed by atoms with van der Waals surface area (Å²) in [4.78, 5) is 2.37. The van der Waals surface area contributed by atoms with Gasteiger partial charge in [-0.05, 0) is 45.6 Å². The van der Waals surface area contributed by atoms with E-state index in [0.29, 0.717) is 6.04 Å². The van der Waals surface area contributed by atoms with E-state index in [-0.39, 0.29) is 6.61 Å². The van der Waals surface area contributed by atoms with E-state index in [1.807, 2.05) is 0 Å². The molecule has 1 aliphatic rings. The van der Waals surface area contributed by atoms with Crippen LogP contribution in [0.5, 0.6) is 0 Å². The normalized spacial score (nSPS) is 18.2. The highest BCUT2D eigenvalue weighted by Gasteiger charge is 2.13. The molecule has 1 aliphatic heterocycles. The Kier molecular flexibility index (Phi) is 7.82. The maximum absolute atomic E-state index is 8.99. The van der Waals surface area contributed by atoms with Gasteiger partial charge < -0.3 is 9.84 Å². The molecule has 0 aromatic rings. The number of hydrogen-bond acceptors (Lipinski definition) is 3. The number of hydrogen-bond donors (Lipinski definition) is 1. The molecule has 0 saturated carbocycles. The highest BCUT2D eigenvalue weighted by molar-refractivity contribution is 4.66. The van der Waals surface area contributed by atoms with Crippen molar-refractivity contribution in [2.45, 2.75) is 52.0 Å². The fraction of sp³-hybridized carbons (Fsp3) is 1.00. The van der Waals surface area contributed by atoms with Crippen LogP contribution in [0.3, 0.4) is 0 Å². The van der Waals surface area contributed by atoms with Crippen LogP contribution in [0.25, 0.3) is 0 Å². The molecule has 1 heterocycles. The van der Waals surface area contributed by atoms with Gasteiger partial charge in [-0.25, -0.2) is 0 Å². The predicted octanol–water partition coefficient (Wildman–Crippen LogP) is 2.29. The van der Waals surface area contributed by atoms with E-state index in [2.05, 4.69) is 18.7 Å². The van der Waals surface area contributed by atoms with Crippen molar-refractivity contribution in [2.24, 2.45) is 5.92 Å². The first-order valence-corrected chi connectivity index (χ1v) is 7.16. The third kappa shape index (κ3) is 6.39. The molecule has 3 heteroatoms. The van der Waals surface area contributed by atoms with E-state index in [9.17, 15) is 0 Å². The second-order valence-electron chi connectivity index (χ2n) is 5.40. The van der Waals surface area contributed by atoms with Crippen LogP contribution in [0.15, 0.2) is 0 Å². The summed E-state index contributed by atoms with van der Waals surface area (Å²) in [6, 6.07) is 0.547. The van der Waals surface area contributed by atoms with E-state index >= 15 is 0 Å². The number of aliphatic hydroxyl groups is 1. The van der Waals surface area contributed by atoms with Gasteiger partial charge in [0.1, 0.15) is 0 Å². The van der Waals surface area contributed by atoms with Gasteiger partial charge in [0.05, 0.1) is 6.61 Å². The van der Waals surface area contributed by atoms with Crippen molar-refractivity contribution in [3.8, 4) is 0 Å². The second kappa shape index (κ2) is 8.90. The number of rotatable bonds is 8. The van der Waals surface area contributed by atoms with Crippen LogP contribution >= 0.6 is 0 Å². The van der Waals surface area contributed by atoms with E-state index < -0.39 is 0 Å². The van der Waals surface area contributed by atoms with Crippen LogP contribution in [0.2, 0.25) is 0 Å². The summed E-state index contributed by atoms with van der Waals surface area (Å²) < 4.78 is 5.37. The molecule has 3 nitrogen and oxygen atoms in total. The Hall–Kier alpha value is -0.120. The van der Waals surface area contributed by atoms with Crippen LogP contribution in [0.4, 0.5) is 0 Å². The molecule has 0 aromatic carbocycles. The van der Waals surface area contributed by atoms with Gasteiger partial charge in [0.25, 0.3) is 0 Å². The first kappa shape index (κ1) is 14.9. The standard InChI is InChI=1S/C14H29NO2/c1-13(2)15(9-10-16)8-4-3-5-14-6-11-17-12-7-14/h13-14,16H,3-12H2,1-2H3. The number of aliphatic hydroxyl groups excluding tert-OH is 1. The fourth-order valence-corrected chi connectivity index (χ4v) is 2.54. The highest BCUT2D eigenvalue weighted by Crippen LogP contribution is 2.20. The first-order valence-electron chi connectivity index (χ1n) is 7.16. The van der Waals surface area contributed by atoms with Gasteiger partial charge in [0.15, 0.2) is 0 Å². The van der Waals surface area contributed by atoms with Gasteiger partial charge in [-0.15, -0.1) is 0 Å². The minimum absolute atomic E-state index is 0.276. The summed E-state index contributed by atoms with van der Waals surface area (Å²) in [6.07, 6.45) is 6.44. The largest absolute Gasteiger partial charge is 0.395 e. The lowest BCUT2D eigenvalue weighted by molar-refractivity contribution is 0.0626. The molecule has 1 N–H and O–H groups in total. The van der Waals surface area contributed by atoms with Gasteiger partial charge in [-0.1, -0.05) is 12.8 Å². The summed E-state index contributed by atoms with van der Waals surface area (Å²) in [7, 11) is 0. The van der Waals surface area contributed by atoms with Crippen molar-refractivity contribution >= 4 is 0 Å². The topological polar surface area (TPSA) is 32.7 Å². The van der Waals surface area contributed by atoms with Crippen molar-refractivity contribution in [1.29, 1.82) is 0 Å². The van der Waals surface area contributed by atoms with E-state index in [1.54, 1.807) is 0 Å². The molecule has 102 valence electrons. The summed E-state index contributed by atoms with van der Waals surface area (Å²) in [5.41, 5.74) is 0. The van der Waals surface area contributed by atoms with Crippen molar-refractivity contribution in [2.75, 3.05) is 32.9 Å². The van der Waals surface area contributed by atoms with Crippen LogP contribution < -0.4 is 0 Å². The lowest BCUT2D eigenvalue weighted by Crippen LogP contribution is -2.34. The Morgan fingerprint density at radius 2 is 1.88 bits per heavy atom. The van der Waals surface area contributed by atoms with Crippen molar-refractivity contribution in [3.05, 3.63) is 0 Å². The molecule has 1 fully saturated rings. The molecule has 0 amide bonds. The van der Waals surface area contributed by atoms with Crippen molar-refractivity contribution < 1.29 is 9.84 Å². The SMILES string of the molecule is CC(C)N(CCO)CCCCC1CCOCC1. The number of unbranched alkanes of at least 4 members (excludes halogenated alkanes) is 1. The van der Waals surface area contributed by atoms with E-state index in [1.165, 1.54) is 32.1 Å². The van der Waals surface area contributed by atoms with E-state index in [0.717, 1.165) is 32.2 Å². The molecule has 0 unspecified atom stereocenters. The monoisotopic (exact) mass is 243 g/mol. The lowest BCUT2D eigenvalue weighted by atomic mass is 9.94. The molecule has 17 heavy (non-hydrogen) atoms. The van der Waals surface area contributed by atoms with Crippen LogP contribution in [-0.4, -0.2) is 49.0 Å². The molecule has 0 aliphatic carbocycles. The first-order chi connectivity index (χ1) is 8.24. The number of nitrogens with zero attached hydrogens (tertiary/aromatic N) is 1. The average molecular weight is 243 g/mol. The molecular formula is C14H29NO2. The summed E-state index contributed by atoms with van der Waals surface area (Å²) in [5.74, 6) is 0.897. The summed E-state index contributed by atoms with van der Waals surface area (Å²) >= 11 is 0. The third-order valence-corrected chi connectivity index (χ3v) is 3.77. The Morgan fingerprint density at radius 1 is 1.18 bits per heavy atom. The van der Waals surface area contributed by atoms with Gasteiger partial charge in [-0.3, -0.25) is 4.90 Å². The molecule has 0 bridgehead atoms. The Bertz CT molecular complexity index is 179. The Labute approximate surface area is 106 Å². The minimum atomic E-state index is 0.276. The highest BCUT2D eigenvalue weighted by atomic mass is 16.5. The molecule has 0 radical (unpaired) electrons. The fourth-order valence-electron chi connectivity index (χ4n) is 2.54. The van der Waals surface area contributed by atoms with Gasteiger partial charge in [-0.2, -0.15) is 0 Å². The van der Waals surface area contributed by atoms with Crippen molar-refractivity contribution in [3.63, 3.8) is 0 Å². The third-order valence-electron chi connectivity index (χ3n) is 3.77. The van der Waals surface area contributed by atoms with E-state index in [4.69, 9.17) is 9.84 Å². The summed E-state index contributed by atoms with van der Waals surface area (Å²) in [5, 5.41) is 8.99. The van der Waals surface area contributed by atoms with Crippen molar-refractivity contribution in [1.82, 2.24) is 4.90 Å². The molecular weight excluding hydrogens is 214 g/mol. The second-order valence-corrected chi connectivity index (χ2v) is 5.40. The zero-order chi connectivity index (χ0) is 12.5. The average Bonchev–Trinajstić information content (AvgIpc) is 2.34. The molecule has 0 spiro atoms. The Balaban J connectivity index is 2.04. The zero-order valence-corrected chi connectivity index (χ0v) is 11.5. The van der Waals surface area contributed by atoms with Crippen LogP contribution in [0.1, 0.15) is 46.0 Å². The molecule has 0 aromatic heterocycles. The minimum Gasteiger partial charge on any atom is -0.395 e. The maximum Gasteiger partial charge on any atom is 0.0558 e. The van der Waals surface area contributed by atoms with Crippen LogP contribution in [0, 0.1) is 5.92 Å². The van der Waals surface area contributed by atoms with Gasteiger partial charge in [0.2, 0.25) is 0 Å². The lowest BCUT2D eigenvalue weighted by Gasteiger charge is -2.26. The quantitative estimate of drug-likeness (QED) is 0.664. The van der Waals surface area contributed by atoms with Crippen LogP contribution in [-0.2, 0) is 4.74 Å². The smallest absolute Gasteiger partial charge is 0.0558 e. The summed E-state index contributed by atoms with van der Waals surface area (Å²) in [6.45, 7) is 8.55. The molecule has 0 atom stereocenters. The Morgan fingerprint density at radius 3 is 2.47 bits per heavy atom. The predicted molar refractivity (Wildman–Crippen MR) is 71.2 cm³/mol. The molecule has 1 saturated heterocycles. The molecule has 1 rings (SSSR count). The van der Waals surface area contributed by atoms with Gasteiger partial charge >= 0.3 is 0 Å². The maximum atomic E-state index is 8.99. The number of ether oxygens (including phenoxy) is 1. The van der Waals surface area contributed by atoms with Gasteiger partial charge in [0, 0.05) is 25.8 Å².